The molecule has 5 nitrogen and oxygen atoms in total. The van der Waals surface area contributed by atoms with Gasteiger partial charge in [0.25, 0.3) is 0 Å². The molecule has 3 rings (SSSR count). The number of rotatable bonds is 4. The van der Waals surface area contributed by atoms with Crippen LogP contribution in [0.1, 0.15) is 32.8 Å². The first-order chi connectivity index (χ1) is 11.8. The highest BCUT2D eigenvalue weighted by atomic mass is 19.1. The lowest BCUT2D eigenvalue weighted by Gasteiger charge is -2.19. The molecule has 0 fully saturated rings. The standard InChI is InChI=1S/C19H20FN3O2/c1-19(2,3)25-16(24)7-6-12-4-5-13(10-15(12)20)17-14-8-9-21-18(14)23-11-22-17/h4-5,8-11H,6-7H2,1-3H3,(H,21,22,23). The monoisotopic (exact) mass is 341 g/mol. The van der Waals surface area contributed by atoms with Crippen LogP contribution in [0, 0.1) is 5.82 Å². The molecule has 1 aromatic carbocycles. The Hall–Kier alpha value is -2.76. The van der Waals surface area contributed by atoms with Crippen molar-refractivity contribution in [2.75, 3.05) is 0 Å². The molecule has 1 N–H and O–H groups in total. The van der Waals surface area contributed by atoms with Gasteiger partial charge in [-0.3, -0.25) is 4.79 Å². The summed E-state index contributed by atoms with van der Waals surface area (Å²) in [7, 11) is 0. The fourth-order valence-corrected chi connectivity index (χ4v) is 2.63. The van der Waals surface area contributed by atoms with Crippen LogP contribution in [0.15, 0.2) is 36.8 Å². The summed E-state index contributed by atoms with van der Waals surface area (Å²) in [5, 5.41) is 0.836. The number of nitrogens with one attached hydrogen (secondary N) is 1. The van der Waals surface area contributed by atoms with Crippen LogP contribution in [0.3, 0.4) is 0 Å². The number of aromatic nitrogens is 3. The molecule has 0 bridgehead atoms. The van der Waals surface area contributed by atoms with Gasteiger partial charge < -0.3 is 9.72 Å². The fraction of sp³-hybridized carbons (Fsp3) is 0.316. The number of aromatic amines is 1. The highest BCUT2D eigenvalue weighted by Gasteiger charge is 2.17. The summed E-state index contributed by atoms with van der Waals surface area (Å²) in [6.07, 6.45) is 3.66. The van der Waals surface area contributed by atoms with E-state index >= 15 is 0 Å². The number of hydrogen-bond donors (Lipinski definition) is 1. The zero-order valence-electron chi connectivity index (χ0n) is 14.5. The maximum absolute atomic E-state index is 14.4. The Balaban J connectivity index is 1.77. The van der Waals surface area contributed by atoms with Gasteiger partial charge in [0.2, 0.25) is 0 Å². The second-order valence-corrected chi connectivity index (χ2v) is 6.85. The molecule has 0 spiro atoms. The van der Waals surface area contributed by atoms with E-state index in [1.165, 1.54) is 12.4 Å². The van der Waals surface area contributed by atoms with E-state index in [4.69, 9.17) is 4.74 Å². The van der Waals surface area contributed by atoms with E-state index in [2.05, 4.69) is 15.0 Å². The number of carbonyl (C=O) groups excluding carboxylic acids is 1. The normalized spacial score (nSPS) is 11.7. The minimum absolute atomic E-state index is 0.142. The Morgan fingerprint density at radius 1 is 1.24 bits per heavy atom. The Bertz CT molecular complexity index is 912. The summed E-state index contributed by atoms with van der Waals surface area (Å²) in [6, 6.07) is 6.80. The van der Waals surface area contributed by atoms with E-state index in [0.717, 1.165) is 5.39 Å². The molecule has 0 unspecified atom stereocenters. The third-order valence-electron chi connectivity index (χ3n) is 3.70. The second-order valence-electron chi connectivity index (χ2n) is 6.85. The van der Waals surface area contributed by atoms with Crippen LogP contribution in [-0.2, 0) is 16.0 Å². The molecule has 0 aliphatic carbocycles. The molecule has 0 saturated carbocycles. The summed E-state index contributed by atoms with van der Waals surface area (Å²) >= 11 is 0. The van der Waals surface area contributed by atoms with Crippen molar-refractivity contribution in [3.63, 3.8) is 0 Å². The number of aryl methyl sites for hydroxylation is 1. The van der Waals surface area contributed by atoms with Crippen LogP contribution in [0.5, 0.6) is 0 Å². The SMILES string of the molecule is CC(C)(C)OC(=O)CCc1ccc(-c2ncnc3[nH]ccc23)cc1F. The molecule has 0 amide bonds. The van der Waals surface area contributed by atoms with Crippen molar-refractivity contribution < 1.29 is 13.9 Å². The molecule has 2 aromatic heterocycles. The van der Waals surface area contributed by atoms with Gasteiger partial charge in [0.05, 0.1) is 5.69 Å². The number of H-pyrrole nitrogens is 1. The zero-order chi connectivity index (χ0) is 18.0. The molecule has 6 heteroatoms. The topological polar surface area (TPSA) is 67.9 Å². The molecule has 0 atom stereocenters. The van der Waals surface area contributed by atoms with Gasteiger partial charge in [-0.1, -0.05) is 12.1 Å². The molecule has 0 saturated heterocycles. The van der Waals surface area contributed by atoms with Crippen molar-refractivity contribution in [2.45, 2.75) is 39.2 Å². The van der Waals surface area contributed by atoms with Gasteiger partial charge in [-0.25, -0.2) is 14.4 Å². The minimum Gasteiger partial charge on any atom is -0.460 e. The molecule has 0 aliphatic rings. The third-order valence-corrected chi connectivity index (χ3v) is 3.70. The average molecular weight is 341 g/mol. The van der Waals surface area contributed by atoms with Gasteiger partial charge in [-0.15, -0.1) is 0 Å². The predicted octanol–water partition coefficient (Wildman–Crippen LogP) is 4.04. The molecule has 130 valence electrons. The van der Waals surface area contributed by atoms with Crippen LogP contribution in [0.25, 0.3) is 22.3 Å². The molecule has 2 heterocycles. The van der Waals surface area contributed by atoms with Crippen LogP contribution in [-0.4, -0.2) is 26.5 Å². The van der Waals surface area contributed by atoms with Crippen LogP contribution in [0.2, 0.25) is 0 Å². The van der Waals surface area contributed by atoms with Crippen molar-refractivity contribution in [3.8, 4) is 11.3 Å². The van der Waals surface area contributed by atoms with Crippen molar-refractivity contribution in [1.82, 2.24) is 15.0 Å². The predicted molar refractivity (Wildman–Crippen MR) is 93.4 cm³/mol. The number of halogens is 1. The van der Waals surface area contributed by atoms with E-state index in [-0.39, 0.29) is 18.2 Å². The highest BCUT2D eigenvalue weighted by Crippen LogP contribution is 2.26. The van der Waals surface area contributed by atoms with E-state index in [1.54, 1.807) is 12.3 Å². The Morgan fingerprint density at radius 2 is 2.04 bits per heavy atom. The smallest absolute Gasteiger partial charge is 0.306 e. The maximum atomic E-state index is 14.4. The minimum atomic E-state index is -0.533. The number of carbonyl (C=O) groups is 1. The van der Waals surface area contributed by atoms with Crippen LogP contribution in [0.4, 0.5) is 4.39 Å². The highest BCUT2D eigenvalue weighted by molar-refractivity contribution is 5.90. The van der Waals surface area contributed by atoms with E-state index in [0.29, 0.717) is 28.9 Å². The Morgan fingerprint density at radius 3 is 2.76 bits per heavy atom. The van der Waals surface area contributed by atoms with Crippen molar-refractivity contribution in [3.05, 3.63) is 48.2 Å². The molecule has 25 heavy (non-hydrogen) atoms. The van der Waals surface area contributed by atoms with Crippen molar-refractivity contribution >= 4 is 17.0 Å². The largest absolute Gasteiger partial charge is 0.460 e. The lowest BCUT2D eigenvalue weighted by Crippen LogP contribution is -2.24. The summed E-state index contributed by atoms with van der Waals surface area (Å²) in [5.74, 6) is -0.691. The summed E-state index contributed by atoms with van der Waals surface area (Å²) in [6.45, 7) is 5.43. The lowest BCUT2D eigenvalue weighted by atomic mass is 10.0. The third kappa shape index (κ3) is 4.02. The first-order valence-electron chi connectivity index (χ1n) is 8.12. The van der Waals surface area contributed by atoms with E-state index < -0.39 is 5.60 Å². The van der Waals surface area contributed by atoms with E-state index in [9.17, 15) is 9.18 Å². The van der Waals surface area contributed by atoms with Crippen LogP contribution < -0.4 is 0 Å². The number of ether oxygens (including phenoxy) is 1. The van der Waals surface area contributed by atoms with Gasteiger partial charge >= 0.3 is 5.97 Å². The van der Waals surface area contributed by atoms with Crippen molar-refractivity contribution in [2.24, 2.45) is 0 Å². The quantitative estimate of drug-likeness (QED) is 0.727. The molecule has 0 aliphatic heterocycles. The number of fused-ring (bicyclic) bond motifs is 1. The second kappa shape index (κ2) is 6.63. The van der Waals surface area contributed by atoms with Crippen LogP contribution >= 0.6 is 0 Å². The maximum Gasteiger partial charge on any atom is 0.306 e. The summed E-state index contributed by atoms with van der Waals surface area (Å²) < 4.78 is 19.7. The average Bonchev–Trinajstić information content (AvgIpc) is 3.00. The molecule has 3 aromatic rings. The van der Waals surface area contributed by atoms with Gasteiger partial charge in [0, 0.05) is 23.6 Å². The summed E-state index contributed by atoms with van der Waals surface area (Å²) in [5.41, 5.74) is 2.00. The van der Waals surface area contributed by atoms with Gasteiger partial charge in [-0.05, 0) is 44.9 Å². The fourth-order valence-electron chi connectivity index (χ4n) is 2.63. The first-order valence-corrected chi connectivity index (χ1v) is 8.12. The first kappa shape index (κ1) is 17.1. The van der Waals surface area contributed by atoms with Gasteiger partial charge in [-0.2, -0.15) is 0 Å². The van der Waals surface area contributed by atoms with E-state index in [1.807, 2.05) is 32.9 Å². The lowest BCUT2D eigenvalue weighted by molar-refractivity contribution is -0.154. The van der Waals surface area contributed by atoms with Crippen molar-refractivity contribution in [1.29, 1.82) is 0 Å². The zero-order valence-corrected chi connectivity index (χ0v) is 14.5. The summed E-state index contributed by atoms with van der Waals surface area (Å²) in [4.78, 5) is 23.2. The molecular weight excluding hydrogens is 321 g/mol. The van der Waals surface area contributed by atoms with Gasteiger partial charge in [0.15, 0.2) is 0 Å². The number of hydrogen-bond acceptors (Lipinski definition) is 4. The number of esters is 1. The number of benzene rings is 1. The Labute approximate surface area is 145 Å². The molecule has 0 radical (unpaired) electrons. The number of nitrogens with zero attached hydrogens (tertiary/aromatic N) is 2. The Kier molecular flexibility index (Phi) is 4.53. The molecular formula is C19H20FN3O2. The van der Waals surface area contributed by atoms with Gasteiger partial charge in [0.1, 0.15) is 23.4 Å².